The molecule has 1 unspecified atom stereocenters. The normalized spacial score (nSPS) is 21.2. The molecule has 1 heterocycles. The van der Waals surface area contributed by atoms with Gasteiger partial charge in [-0.3, -0.25) is 14.6 Å². The lowest BCUT2D eigenvalue weighted by Crippen LogP contribution is -2.54. The second kappa shape index (κ2) is 8.62. The average molecular weight is 326 g/mol. The van der Waals surface area contributed by atoms with Gasteiger partial charge in [-0.05, 0) is 18.1 Å². The van der Waals surface area contributed by atoms with E-state index in [4.69, 9.17) is 5.11 Å². The fourth-order valence-corrected chi connectivity index (χ4v) is 3.32. The first-order chi connectivity index (χ1) is 11.6. The highest BCUT2D eigenvalue weighted by molar-refractivity contribution is 5.69. The lowest BCUT2D eigenvalue weighted by Gasteiger charge is -2.43. The zero-order chi connectivity index (χ0) is 17.5. The largest absolute Gasteiger partial charge is 0.480 e. The fraction of sp³-hybridized carbons (Fsp3) is 0.350. The van der Waals surface area contributed by atoms with E-state index in [0.29, 0.717) is 0 Å². The Bertz CT molecular complexity index is 609. The highest BCUT2D eigenvalue weighted by atomic mass is 16.4. The predicted octanol–water partition coefficient (Wildman–Crippen LogP) is 3.12. The summed E-state index contributed by atoms with van der Waals surface area (Å²) in [6.45, 7) is 12.3. The Balaban J connectivity index is 2.26. The van der Waals surface area contributed by atoms with Gasteiger partial charge in [0.15, 0.2) is 0 Å². The van der Waals surface area contributed by atoms with Crippen molar-refractivity contribution in [1.82, 2.24) is 9.80 Å². The second-order valence-electron chi connectivity index (χ2n) is 6.13. The van der Waals surface area contributed by atoms with Crippen molar-refractivity contribution >= 4 is 5.97 Å². The van der Waals surface area contributed by atoms with Gasteiger partial charge in [-0.2, -0.15) is 0 Å². The molecular formula is C20H26N2O2. The van der Waals surface area contributed by atoms with Gasteiger partial charge < -0.3 is 5.11 Å². The molecule has 0 bridgehead atoms. The summed E-state index contributed by atoms with van der Waals surface area (Å²) < 4.78 is 0. The van der Waals surface area contributed by atoms with Crippen LogP contribution in [0.2, 0.25) is 0 Å². The minimum absolute atomic E-state index is 0.0990. The SMILES string of the molecule is C=C/C=C(\C=C)C(c1ccccc1)N1CCN(CC(=O)O)[C@H](C)C1. The smallest absolute Gasteiger partial charge is 0.317 e. The van der Waals surface area contributed by atoms with Crippen molar-refractivity contribution in [1.29, 1.82) is 0 Å². The van der Waals surface area contributed by atoms with E-state index in [0.717, 1.165) is 25.2 Å². The van der Waals surface area contributed by atoms with Crippen molar-refractivity contribution in [2.45, 2.75) is 19.0 Å². The van der Waals surface area contributed by atoms with E-state index in [1.165, 1.54) is 5.56 Å². The summed E-state index contributed by atoms with van der Waals surface area (Å²) >= 11 is 0. The van der Waals surface area contributed by atoms with Crippen molar-refractivity contribution in [3.8, 4) is 0 Å². The summed E-state index contributed by atoms with van der Waals surface area (Å²) in [6, 6.07) is 10.6. The Morgan fingerprint density at radius 1 is 1.33 bits per heavy atom. The fourth-order valence-electron chi connectivity index (χ4n) is 3.32. The van der Waals surface area contributed by atoms with Crippen LogP contribution >= 0.6 is 0 Å². The number of nitrogens with zero attached hydrogens (tertiary/aromatic N) is 2. The Kier molecular flexibility index (Phi) is 6.53. The summed E-state index contributed by atoms with van der Waals surface area (Å²) in [5.74, 6) is -0.770. The number of carboxylic acids is 1. The molecule has 2 rings (SSSR count). The van der Waals surface area contributed by atoms with Crippen LogP contribution in [0.5, 0.6) is 0 Å². The summed E-state index contributed by atoms with van der Waals surface area (Å²) in [5.41, 5.74) is 2.32. The molecule has 1 aromatic rings. The van der Waals surface area contributed by atoms with Gasteiger partial charge >= 0.3 is 5.97 Å². The molecule has 1 fully saturated rings. The van der Waals surface area contributed by atoms with Crippen molar-refractivity contribution in [2.75, 3.05) is 26.2 Å². The molecule has 1 saturated heterocycles. The van der Waals surface area contributed by atoms with Crippen molar-refractivity contribution in [3.05, 3.63) is 72.9 Å². The first-order valence-corrected chi connectivity index (χ1v) is 8.26. The third-order valence-electron chi connectivity index (χ3n) is 4.48. The third kappa shape index (κ3) is 4.43. The zero-order valence-electron chi connectivity index (χ0n) is 14.3. The first-order valence-electron chi connectivity index (χ1n) is 8.26. The van der Waals surface area contributed by atoms with Crippen LogP contribution < -0.4 is 0 Å². The standard InChI is InChI=1S/C20H26N2O2/c1-4-9-17(5-2)20(18-10-7-6-8-11-18)22-13-12-21(15-19(23)24)16(3)14-22/h4-11,16,20H,1-2,12-15H2,3H3,(H,23,24)/b17-9+/t16-,20?/m1/s1. The maximum Gasteiger partial charge on any atom is 0.317 e. The van der Waals surface area contributed by atoms with Crippen LogP contribution in [0.4, 0.5) is 0 Å². The van der Waals surface area contributed by atoms with E-state index in [2.05, 4.69) is 37.1 Å². The van der Waals surface area contributed by atoms with Gasteiger partial charge in [-0.15, -0.1) is 0 Å². The molecule has 4 nitrogen and oxygen atoms in total. The minimum atomic E-state index is -0.770. The lowest BCUT2D eigenvalue weighted by atomic mass is 9.95. The molecule has 1 N–H and O–H groups in total. The zero-order valence-corrected chi connectivity index (χ0v) is 14.3. The van der Waals surface area contributed by atoms with Gasteiger partial charge in [-0.25, -0.2) is 0 Å². The van der Waals surface area contributed by atoms with Crippen LogP contribution in [0, 0.1) is 0 Å². The number of allylic oxidation sites excluding steroid dienone is 2. The molecule has 0 spiro atoms. The van der Waals surface area contributed by atoms with Gasteiger partial charge in [0.1, 0.15) is 0 Å². The van der Waals surface area contributed by atoms with Crippen molar-refractivity contribution in [3.63, 3.8) is 0 Å². The quantitative estimate of drug-likeness (QED) is 0.782. The molecule has 0 aliphatic carbocycles. The molecule has 2 atom stereocenters. The summed E-state index contributed by atoms with van der Waals surface area (Å²) in [7, 11) is 0. The van der Waals surface area contributed by atoms with Crippen molar-refractivity contribution in [2.24, 2.45) is 0 Å². The van der Waals surface area contributed by atoms with Gasteiger partial charge in [0.25, 0.3) is 0 Å². The van der Waals surface area contributed by atoms with Gasteiger partial charge in [0.2, 0.25) is 0 Å². The number of hydrogen-bond acceptors (Lipinski definition) is 3. The molecule has 1 aliphatic heterocycles. The highest BCUT2D eigenvalue weighted by Crippen LogP contribution is 2.31. The number of rotatable bonds is 7. The predicted molar refractivity (Wildman–Crippen MR) is 97.9 cm³/mol. The molecule has 1 aromatic carbocycles. The first kappa shape index (κ1) is 18.2. The van der Waals surface area contributed by atoms with E-state index < -0.39 is 5.97 Å². The molecule has 4 heteroatoms. The molecule has 0 radical (unpaired) electrons. The van der Waals surface area contributed by atoms with E-state index >= 15 is 0 Å². The Hall–Kier alpha value is -2.17. The number of carbonyl (C=O) groups is 1. The number of aliphatic carboxylic acids is 1. The topological polar surface area (TPSA) is 43.8 Å². The number of benzene rings is 1. The maximum atomic E-state index is 11.0. The molecular weight excluding hydrogens is 300 g/mol. The Labute approximate surface area is 144 Å². The van der Waals surface area contributed by atoms with Gasteiger partial charge in [0, 0.05) is 25.7 Å². The van der Waals surface area contributed by atoms with E-state index in [-0.39, 0.29) is 18.6 Å². The highest BCUT2D eigenvalue weighted by Gasteiger charge is 2.31. The van der Waals surface area contributed by atoms with E-state index in [1.807, 2.05) is 35.3 Å². The number of piperazine rings is 1. The van der Waals surface area contributed by atoms with Crippen LogP contribution in [-0.4, -0.2) is 53.1 Å². The van der Waals surface area contributed by atoms with E-state index in [9.17, 15) is 4.79 Å². The van der Waals surface area contributed by atoms with Gasteiger partial charge in [-0.1, -0.05) is 61.7 Å². The van der Waals surface area contributed by atoms with Gasteiger partial charge in [0.05, 0.1) is 12.6 Å². The maximum absolute atomic E-state index is 11.0. The molecule has 1 aliphatic rings. The molecule has 24 heavy (non-hydrogen) atoms. The number of hydrogen-bond donors (Lipinski definition) is 1. The molecule has 0 aromatic heterocycles. The van der Waals surface area contributed by atoms with Crippen LogP contribution in [0.25, 0.3) is 0 Å². The Morgan fingerprint density at radius 2 is 2.04 bits per heavy atom. The van der Waals surface area contributed by atoms with Crippen molar-refractivity contribution < 1.29 is 9.90 Å². The minimum Gasteiger partial charge on any atom is -0.480 e. The van der Waals surface area contributed by atoms with Crippen LogP contribution in [0.3, 0.4) is 0 Å². The number of carboxylic acid groups (broad SMARTS) is 1. The molecule has 0 saturated carbocycles. The summed E-state index contributed by atoms with van der Waals surface area (Å²) in [6.07, 6.45) is 5.67. The second-order valence-corrected chi connectivity index (χ2v) is 6.13. The molecule has 0 amide bonds. The van der Waals surface area contributed by atoms with Crippen LogP contribution in [0.1, 0.15) is 18.5 Å². The van der Waals surface area contributed by atoms with E-state index in [1.54, 1.807) is 6.08 Å². The van der Waals surface area contributed by atoms with Crippen LogP contribution in [0.15, 0.2) is 67.3 Å². The summed E-state index contributed by atoms with van der Waals surface area (Å²) in [5, 5.41) is 9.04. The molecule has 128 valence electrons. The third-order valence-corrected chi connectivity index (χ3v) is 4.48. The lowest BCUT2D eigenvalue weighted by molar-refractivity contribution is -0.139. The van der Waals surface area contributed by atoms with Crippen LogP contribution in [-0.2, 0) is 4.79 Å². The monoisotopic (exact) mass is 326 g/mol. The average Bonchev–Trinajstić information content (AvgIpc) is 2.57. The summed E-state index contributed by atoms with van der Waals surface area (Å²) in [4.78, 5) is 15.4. The Morgan fingerprint density at radius 3 is 2.58 bits per heavy atom.